The van der Waals surface area contributed by atoms with Crippen LogP contribution in [0.5, 0.6) is 5.75 Å². The number of methoxy groups -OCH3 is 1. The lowest BCUT2D eigenvalue weighted by Crippen LogP contribution is -2.26. The molecular formula is C12H18BrNO2. The first-order valence-corrected chi connectivity index (χ1v) is 6.16. The van der Waals surface area contributed by atoms with Crippen LogP contribution in [0.1, 0.15) is 12.5 Å². The van der Waals surface area contributed by atoms with Crippen molar-refractivity contribution in [2.45, 2.75) is 13.5 Å². The number of nitrogens with zero attached hydrogens (tertiary/aromatic N) is 1. The zero-order valence-electron chi connectivity index (χ0n) is 9.74. The molecule has 0 unspecified atom stereocenters. The largest absolute Gasteiger partial charge is 0.496 e. The average molecular weight is 288 g/mol. The normalized spacial score (nSPS) is 10.8. The number of rotatable bonds is 6. The van der Waals surface area contributed by atoms with Gasteiger partial charge in [-0.05, 0) is 40.2 Å². The summed E-state index contributed by atoms with van der Waals surface area (Å²) < 4.78 is 6.14. The maximum absolute atomic E-state index is 8.91. The van der Waals surface area contributed by atoms with E-state index in [0.717, 1.165) is 23.3 Å². The van der Waals surface area contributed by atoms with Gasteiger partial charge in [-0.1, -0.05) is 13.0 Å². The third-order valence-corrected chi connectivity index (χ3v) is 3.11. The Morgan fingerprint density at radius 1 is 1.44 bits per heavy atom. The second-order valence-corrected chi connectivity index (χ2v) is 4.42. The highest BCUT2D eigenvalue weighted by atomic mass is 79.9. The van der Waals surface area contributed by atoms with Gasteiger partial charge >= 0.3 is 0 Å². The molecule has 0 spiro atoms. The molecule has 1 rings (SSSR count). The fraction of sp³-hybridized carbons (Fsp3) is 0.500. The Kier molecular flexibility index (Phi) is 5.80. The summed E-state index contributed by atoms with van der Waals surface area (Å²) in [6.45, 7) is 4.78. The summed E-state index contributed by atoms with van der Waals surface area (Å²) in [4.78, 5) is 2.19. The Morgan fingerprint density at radius 3 is 2.69 bits per heavy atom. The lowest BCUT2D eigenvalue weighted by Gasteiger charge is -2.19. The van der Waals surface area contributed by atoms with Gasteiger partial charge in [0, 0.05) is 13.1 Å². The molecule has 90 valence electrons. The highest BCUT2D eigenvalue weighted by Gasteiger charge is 2.05. The van der Waals surface area contributed by atoms with Crippen molar-refractivity contribution < 1.29 is 9.84 Å². The second-order valence-electron chi connectivity index (χ2n) is 3.56. The minimum Gasteiger partial charge on any atom is -0.496 e. The highest BCUT2D eigenvalue weighted by molar-refractivity contribution is 9.10. The van der Waals surface area contributed by atoms with Crippen molar-refractivity contribution in [2.75, 3.05) is 26.8 Å². The van der Waals surface area contributed by atoms with E-state index in [-0.39, 0.29) is 6.61 Å². The molecule has 0 aliphatic rings. The van der Waals surface area contributed by atoms with Gasteiger partial charge in [0.1, 0.15) is 5.75 Å². The molecule has 0 atom stereocenters. The van der Waals surface area contributed by atoms with Crippen LogP contribution in [0.2, 0.25) is 0 Å². The second kappa shape index (κ2) is 6.89. The van der Waals surface area contributed by atoms with Crippen LogP contribution in [0, 0.1) is 0 Å². The monoisotopic (exact) mass is 287 g/mol. The van der Waals surface area contributed by atoms with Gasteiger partial charge < -0.3 is 9.84 Å². The van der Waals surface area contributed by atoms with Gasteiger partial charge in [0.05, 0.1) is 18.2 Å². The van der Waals surface area contributed by atoms with Gasteiger partial charge in [-0.2, -0.15) is 0 Å². The third-order valence-electron chi connectivity index (χ3n) is 2.49. The van der Waals surface area contributed by atoms with E-state index in [0.29, 0.717) is 6.54 Å². The predicted octanol–water partition coefficient (Wildman–Crippen LogP) is 2.27. The summed E-state index contributed by atoms with van der Waals surface area (Å²) >= 11 is 3.47. The fourth-order valence-electron chi connectivity index (χ4n) is 1.56. The van der Waals surface area contributed by atoms with Crippen molar-refractivity contribution in [3.05, 3.63) is 28.2 Å². The predicted molar refractivity (Wildman–Crippen MR) is 68.7 cm³/mol. The molecule has 16 heavy (non-hydrogen) atoms. The zero-order chi connectivity index (χ0) is 12.0. The van der Waals surface area contributed by atoms with E-state index in [1.807, 2.05) is 12.1 Å². The molecule has 0 saturated heterocycles. The number of halogens is 1. The Bertz CT molecular complexity index is 331. The Hall–Kier alpha value is -0.580. The molecule has 1 N–H and O–H groups in total. The quantitative estimate of drug-likeness (QED) is 0.871. The van der Waals surface area contributed by atoms with Gasteiger partial charge in [-0.3, -0.25) is 4.90 Å². The number of hydrogen-bond acceptors (Lipinski definition) is 3. The summed E-state index contributed by atoms with van der Waals surface area (Å²) in [6, 6.07) is 6.05. The lowest BCUT2D eigenvalue weighted by atomic mass is 10.2. The van der Waals surface area contributed by atoms with E-state index >= 15 is 0 Å². The molecule has 1 aromatic carbocycles. The molecule has 0 radical (unpaired) electrons. The van der Waals surface area contributed by atoms with Gasteiger partial charge in [0.2, 0.25) is 0 Å². The van der Waals surface area contributed by atoms with Crippen molar-refractivity contribution in [1.82, 2.24) is 4.90 Å². The molecule has 0 heterocycles. The molecule has 4 heteroatoms. The van der Waals surface area contributed by atoms with E-state index in [1.165, 1.54) is 5.56 Å². The van der Waals surface area contributed by atoms with E-state index in [4.69, 9.17) is 9.84 Å². The Balaban J connectivity index is 2.69. The number of aliphatic hydroxyl groups is 1. The molecule has 0 aliphatic carbocycles. The number of ether oxygens (including phenoxy) is 1. The van der Waals surface area contributed by atoms with Crippen LogP contribution in [0.25, 0.3) is 0 Å². The minimum atomic E-state index is 0.200. The van der Waals surface area contributed by atoms with E-state index in [9.17, 15) is 0 Å². The molecule has 0 saturated carbocycles. The third kappa shape index (κ3) is 3.77. The summed E-state index contributed by atoms with van der Waals surface area (Å²) in [7, 11) is 1.66. The smallest absolute Gasteiger partial charge is 0.133 e. The van der Waals surface area contributed by atoms with Gasteiger partial charge in [0.15, 0.2) is 0 Å². The van der Waals surface area contributed by atoms with Crippen molar-refractivity contribution in [3.63, 3.8) is 0 Å². The molecule has 0 aromatic heterocycles. The van der Waals surface area contributed by atoms with E-state index in [1.54, 1.807) is 7.11 Å². The first-order valence-electron chi connectivity index (χ1n) is 5.36. The van der Waals surface area contributed by atoms with Crippen LogP contribution in [-0.2, 0) is 6.54 Å². The minimum absolute atomic E-state index is 0.200. The summed E-state index contributed by atoms with van der Waals surface area (Å²) in [6.07, 6.45) is 0. The maximum Gasteiger partial charge on any atom is 0.133 e. The van der Waals surface area contributed by atoms with Crippen molar-refractivity contribution >= 4 is 15.9 Å². The number of aliphatic hydroxyl groups excluding tert-OH is 1. The Morgan fingerprint density at radius 2 is 2.19 bits per heavy atom. The van der Waals surface area contributed by atoms with E-state index < -0.39 is 0 Å². The maximum atomic E-state index is 8.91. The van der Waals surface area contributed by atoms with Crippen molar-refractivity contribution in [1.29, 1.82) is 0 Å². The fourth-order valence-corrected chi connectivity index (χ4v) is 2.14. The first-order chi connectivity index (χ1) is 7.71. The lowest BCUT2D eigenvalue weighted by molar-refractivity contribution is 0.197. The molecule has 1 aromatic rings. The molecular weight excluding hydrogens is 270 g/mol. The number of likely N-dealkylation sites (N-methyl/N-ethyl adjacent to an activating group) is 1. The van der Waals surface area contributed by atoms with Crippen LogP contribution < -0.4 is 4.74 Å². The van der Waals surface area contributed by atoms with E-state index in [2.05, 4.69) is 33.8 Å². The molecule has 0 aliphatic heterocycles. The standard InChI is InChI=1S/C12H18BrNO2/c1-3-14(6-7-15)9-10-4-5-12(16-2)11(13)8-10/h4-5,8,15H,3,6-7,9H2,1-2H3. The average Bonchev–Trinajstić information content (AvgIpc) is 2.28. The highest BCUT2D eigenvalue weighted by Crippen LogP contribution is 2.25. The number of benzene rings is 1. The van der Waals surface area contributed by atoms with Crippen LogP contribution in [-0.4, -0.2) is 36.8 Å². The van der Waals surface area contributed by atoms with Crippen molar-refractivity contribution in [3.8, 4) is 5.75 Å². The van der Waals surface area contributed by atoms with Crippen LogP contribution in [0.15, 0.2) is 22.7 Å². The van der Waals surface area contributed by atoms with Gasteiger partial charge in [-0.15, -0.1) is 0 Å². The van der Waals surface area contributed by atoms with Crippen LogP contribution in [0.4, 0.5) is 0 Å². The SMILES string of the molecule is CCN(CCO)Cc1ccc(OC)c(Br)c1. The zero-order valence-corrected chi connectivity index (χ0v) is 11.3. The topological polar surface area (TPSA) is 32.7 Å². The summed E-state index contributed by atoms with van der Waals surface area (Å²) in [5.41, 5.74) is 1.21. The first kappa shape index (κ1) is 13.5. The van der Waals surface area contributed by atoms with Crippen LogP contribution >= 0.6 is 15.9 Å². The molecule has 0 bridgehead atoms. The molecule has 3 nitrogen and oxygen atoms in total. The summed E-state index contributed by atoms with van der Waals surface area (Å²) in [5.74, 6) is 0.842. The Labute approximate surface area is 105 Å². The van der Waals surface area contributed by atoms with Gasteiger partial charge in [0.25, 0.3) is 0 Å². The summed E-state index contributed by atoms with van der Waals surface area (Å²) in [5, 5.41) is 8.91. The number of hydrogen-bond donors (Lipinski definition) is 1. The van der Waals surface area contributed by atoms with Crippen molar-refractivity contribution in [2.24, 2.45) is 0 Å². The molecule has 0 amide bonds. The molecule has 0 fully saturated rings. The van der Waals surface area contributed by atoms with Crippen LogP contribution in [0.3, 0.4) is 0 Å². The van der Waals surface area contributed by atoms with Gasteiger partial charge in [-0.25, -0.2) is 0 Å².